The van der Waals surface area contributed by atoms with E-state index in [9.17, 15) is 22.4 Å². The van der Waals surface area contributed by atoms with Crippen molar-refractivity contribution in [3.8, 4) is 5.75 Å². The first-order valence-electron chi connectivity index (χ1n) is 5.65. The minimum atomic E-state index is -4.59. The van der Waals surface area contributed by atoms with E-state index in [2.05, 4.69) is 10.4 Å². The summed E-state index contributed by atoms with van der Waals surface area (Å²) in [5.74, 6) is -1.93. The van der Waals surface area contributed by atoms with Gasteiger partial charge >= 0.3 is 6.18 Å². The topological polar surface area (TPSA) is 67.2 Å². The lowest BCUT2D eigenvalue weighted by Gasteiger charge is -2.07. The van der Waals surface area contributed by atoms with Gasteiger partial charge < -0.3 is 10.4 Å². The third-order valence-corrected chi connectivity index (χ3v) is 2.46. The molecule has 5 nitrogen and oxygen atoms in total. The molecule has 2 aromatic rings. The van der Waals surface area contributed by atoms with Gasteiger partial charge in [0.2, 0.25) is 5.91 Å². The summed E-state index contributed by atoms with van der Waals surface area (Å²) in [4.78, 5) is 11.6. The van der Waals surface area contributed by atoms with E-state index in [4.69, 9.17) is 5.11 Å². The van der Waals surface area contributed by atoms with Gasteiger partial charge in [-0.25, -0.2) is 4.39 Å². The number of carbonyl (C=O) groups is 1. The molecule has 0 saturated heterocycles. The molecule has 0 saturated carbocycles. The number of aromatic nitrogens is 2. The highest BCUT2D eigenvalue weighted by molar-refractivity contribution is 5.90. The van der Waals surface area contributed by atoms with Gasteiger partial charge in [0.1, 0.15) is 18.1 Å². The number of amides is 1. The molecule has 2 rings (SSSR count). The molecular formula is C12H9F4N3O2. The van der Waals surface area contributed by atoms with Crippen LogP contribution in [-0.2, 0) is 17.5 Å². The van der Waals surface area contributed by atoms with Crippen LogP contribution in [0.3, 0.4) is 0 Å². The lowest BCUT2D eigenvalue weighted by molar-refractivity contribution is -0.141. The van der Waals surface area contributed by atoms with Crippen LogP contribution in [-0.4, -0.2) is 20.8 Å². The van der Waals surface area contributed by atoms with Gasteiger partial charge in [0.25, 0.3) is 0 Å². The number of rotatable bonds is 3. The Bertz CT molecular complexity index is 667. The number of benzene rings is 1. The van der Waals surface area contributed by atoms with E-state index in [1.54, 1.807) is 0 Å². The predicted octanol–water partition coefficient (Wildman–Crippen LogP) is 2.39. The Labute approximate surface area is 115 Å². The molecule has 9 heteroatoms. The molecule has 0 fully saturated rings. The number of carbonyl (C=O) groups excluding carboxylic acids is 1. The summed E-state index contributed by atoms with van der Waals surface area (Å²) >= 11 is 0. The fraction of sp³-hybridized carbons (Fsp3) is 0.167. The fourth-order valence-corrected chi connectivity index (χ4v) is 1.54. The van der Waals surface area contributed by atoms with Gasteiger partial charge in [0.05, 0.1) is 5.69 Å². The van der Waals surface area contributed by atoms with Crippen LogP contribution in [0.5, 0.6) is 5.75 Å². The molecule has 1 aromatic heterocycles. The van der Waals surface area contributed by atoms with Crippen LogP contribution in [0, 0.1) is 5.82 Å². The molecule has 21 heavy (non-hydrogen) atoms. The van der Waals surface area contributed by atoms with Crippen LogP contribution in [0.2, 0.25) is 0 Å². The lowest BCUT2D eigenvalue weighted by atomic mass is 10.3. The summed E-state index contributed by atoms with van der Waals surface area (Å²) in [6.07, 6.45) is -3.60. The van der Waals surface area contributed by atoms with Crippen LogP contribution in [0.4, 0.5) is 23.2 Å². The number of anilines is 1. The first-order chi connectivity index (χ1) is 9.75. The molecule has 0 spiro atoms. The third-order valence-electron chi connectivity index (χ3n) is 2.46. The Morgan fingerprint density at radius 3 is 2.62 bits per heavy atom. The Balaban J connectivity index is 2.03. The van der Waals surface area contributed by atoms with E-state index >= 15 is 0 Å². The van der Waals surface area contributed by atoms with Crippen molar-refractivity contribution in [3.63, 3.8) is 0 Å². The molecule has 1 aromatic carbocycles. The summed E-state index contributed by atoms with van der Waals surface area (Å²) in [7, 11) is 0. The minimum absolute atomic E-state index is 0.194. The molecule has 1 heterocycles. The molecule has 0 aliphatic rings. The van der Waals surface area contributed by atoms with Crippen molar-refractivity contribution in [2.24, 2.45) is 0 Å². The zero-order valence-corrected chi connectivity index (χ0v) is 10.4. The summed E-state index contributed by atoms with van der Waals surface area (Å²) in [5.41, 5.74) is -1.31. The Morgan fingerprint density at radius 2 is 2.05 bits per heavy atom. The monoisotopic (exact) mass is 303 g/mol. The highest BCUT2D eigenvalue weighted by Gasteiger charge is 2.33. The van der Waals surface area contributed by atoms with Crippen LogP contribution in [0.25, 0.3) is 0 Å². The van der Waals surface area contributed by atoms with E-state index in [1.165, 1.54) is 0 Å². The number of phenolic OH excluding ortho intramolecular Hbond substituents is 1. The summed E-state index contributed by atoms with van der Waals surface area (Å²) in [5, 5.41) is 14.4. The quantitative estimate of drug-likeness (QED) is 0.676. The largest absolute Gasteiger partial charge is 0.508 e. The first kappa shape index (κ1) is 14.8. The molecule has 0 radical (unpaired) electrons. The van der Waals surface area contributed by atoms with Crippen LogP contribution in [0.15, 0.2) is 30.5 Å². The average molecular weight is 303 g/mol. The van der Waals surface area contributed by atoms with Gasteiger partial charge in [-0.05, 0) is 18.2 Å². The second-order valence-corrected chi connectivity index (χ2v) is 4.11. The highest BCUT2D eigenvalue weighted by atomic mass is 19.4. The maximum Gasteiger partial charge on any atom is 0.435 e. The molecule has 0 unspecified atom stereocenters. The summed E-state index contributed by atoms with van der Waals surface area (Å²) < 4.78 is 51.1. The van der Waals surface area contributed by atoms with Gasteiger partial charge in [0, 0.05) is 12.3 Å². The molecule has 0 aliphatic heterocycles. The molecule has 1 amide bonds. The number of halogens is 4. The SMILES string of the molecule is O=C(Cn1ccc(C(F)(F)F)n1)Nc1ccc(O)cc1F. The smallest absolute Gasteiger partial charge is 0.435 e. The molecule has 112 valence electrons. The lowest BCUT2D eigenvalue weighted by Crippen LogP contribution is -2.20. The maximum absolute atomic E-state index is 13.4. The zero-order chi connectivity index (χ0) is 15.6. The van der Waals surface area contributed by atoms with Crippen molar-refractivity contribution >= 4 is 11.6 Å². The Kier molecular flexibility index (Phi) is 3.83. The van der Waals surface area contributed by atoms with E-state index in [0.29, 0.717) is 0 Å². The van der Waals surface area contributed by atoms with Gasteiger partial charge in [0.15, 0.2) is 5.69 Å². The van der Waals surface area contributed by atoms with E-state index in [-0.39, 0.29) is 11.4 Å². The number of hydrogen-bond acceptors (Lipinski definition) is 3. The van der Waals surface area contributed by atoms with Crippen molar-refractivity contribution in [2.75, 3.05) is 5.32 Å². The van der Waals surface area contributed by atoms with Crippen LogP contribution >= 0.6 is 0 Å². The van der Waals surface area contributed by atoms with Crippen molar-refractivity contribution < 1.29 is 27.5 Å². The number of hydrogen-bond donors (Lipinski definition) is 2. The highest BCUT2D eigenvalue weighted by Crippen LogP contribution is 2.27. The number of nitrogens with one attached hydrogen (secondary N) is 1. The van der Waals surface area contributed by atoms with Crippen LogP contribution in [0.1, 0.15) is 5.69 Å². The van der Waals surface area contributed by atoms with Gasteiger partial charge in [-0.1, -0.05) is 0 Å². The molecule has 0 atom stereocenters. The molecule has 0 bridgehead atoms. The predicted molar refractivity (Wildman–Crippen MR) is 63.9 cm³/mol. The normalized spacial score (nSPS) is 11.4. The summed E-state index contributed by atoms with van der Waals surface area (Å²) in [6.45, 7) is -0.504. The van der Waals surface area contributed by atoms with Crippen molar-refractivity contribution in [1.29, 1.82) is 0 Å². The first-order valence-corrected chi connectivity index (χ1v) is 5.65. The van der Waals surface area contributed by atoms with Crippen molar-refractivity contribution in [3.05, 3.63) is 42.0 Å². The third kappa shape index (κ3) is 3.71. The standard InChI is InChI=1S/C12H9F4N3O2/c13-8-5-7(20)1-2-9(8)17-11(21)6-19-4-3-10(18-19)12(14,15)16/h1-5,20H,6H2,(H,17,21). The van der Waals surface area contributed by atoms with Gasteiger partial charge in [-0.15, -0.1) is 0 Å². The van der Waals surface area contributed by atoms with Crippen molar-refractivity contribution in [1.82, 2.24) is 9.78 Å². The van der Waals surface area contributed by atoms with E-state index < -0.39 is 30.1 Å². The Morgan fingerprint density at radius 1 is 1.33 bits per heavy atom. The molecule has 0 aliphatic carbocycles. The number of alkyl halides is 3. The minimum Gasteiger partial charge on any atom is -0.508 e. The van der Waals surface area contributed by atoms with Gasteiger partial charge in [-0.2, -0.15) is 18.3 Å². The average Bonchev–Trinajstić information content (AvgIpc) is 2.81. The van der Waals surface area contributed by atoms with Crippen LogP contribution < -0.4 is 5.32 Å². The van der Waals surface area contributed by atoms with Crippen molar-refractivity contribution in [2.45, 2.75) is 12.7 Å². The number of aromatic hydroxyl groups is 1. The number of nitrogens with zero attached hydrogens (tertiary/aromatic N) is 2. The van der Waals surface area contributed by atoms with E-state index in [0.717, 1.165) is 35.1 Å². The Hall–Kier alpha value is -2.58. The zero-order valence-electron chi connectivity index (χ0n) is 10.4. The maximum atomic E-state index is 13.4. The summed E-state index contributed by atoms with van der Waals surface area (Å²) in [6, 6.07) is 3.82. The van der Waals surface area contributed by atoms with Gasteiger partial charge in [-0.3, -0.25) is 9.48 Å². The fourth-order valence-electron chi connectivity index (χ4n) is 1.54. The second kappa shape index (κ2) is 5.43. The number of phenols is 1. The second-order valence-electron chi connectivity index (χ2n) is 4.11. The molecule has 2 N–H and O–H groups in total. The molecular weight excluding hydrogens is 294 g/mol. The van der Waals surface area contributed by atoms with E-state index in [1.807, 2.05) is 0 Å².